The summed E-state index contributed by atoms with van der Waals surface area (Å²) in [6, 6.07) is 12.2. The Bertz CT molecular complexity index is 1400. The van der Waals surface area contributed by atoms with Gasteiger partial charge in [-0.3, -0.25) is 19.7 Å². The molecule has 8 nitrogen and oxygen atoms in total. The van der Waals surface area contributed by atoms with Crippen LogP contribution in [0, 0.1) is 6.92 Å². The maximum atomic E-state index is 5.26. The van der Waals surface area contributed by atoms with Gasteiger partial charge in [0.15, 0.2) is 0 Å². The van der Waals surface area contributed by atoms with Crippen molar-refractivity contribution in [1.82, 2.24) is 34.9 Å². The zero-order valence-corrected chi connectivity index (χ0v) is 16.9. The standard InChI is InChI=1S/C23H19N7O/c1-14-3-2-4-21(27-14)23-18(10-25-29-23)19-5-6-20-22(28-19)7-15(8-24-20)16-9-26-30(11-16)17-12-31-13-17/h2-11,17H,12-13H2,1H3,(H,25,29). The van der Waals surface area contributed by atoms with Gasteiger partial charge >= 0.3 is 0 Å². The summed E-state index contributed by atoms with van der Waals surface area (Å²) in [5.41, 5.74) is 7.92. The van der Waals surface area contributed by atoms with Crippen LogP contribution in [0.25, 0.3) is 44.8 Å². The molecule has 1 saturated heterocycles. The Balaban J connectivity index is 1.39. The van der Waals surface area contributed by atoms with Gasteiger partial charge in [0.25, 0.3) is 0 Å². The summed E-state index contributed by atoms with van der Waals surface area (Å²) in [7, 11) is 0. The molecule has 0 aliphatic carbocycles. The van der Waals surface area contributed by atoms with Crippen LogP contribution < -0.4 is 0 Å². The van der Waals surface area contributed by atoms with Crippen LogP contribution in [0.3, 0.4) is 0 Å². The molecule has 0 atom stereocenters. The zero-order valence-electron chi connectivity index (χ0n) is 16.9. The molecule has 1 fully saturated rings. The quantitative estimate of drug-likeness (QED) is 0.485. The van der Waals surface area contributed by atoms with Crippen molar-refractivity contribution in [3.63, 3.8) is 0 Å². The summed E-state index contributed by atoms with van der Waals surface area (Å²) in [5.74, 6) is 0. The summed E-state index contributed by atoms with van der Waals surface area (Å²) in [4.78, 5) is 14.1. The maximum absolute atomic E-state index is 5.26. The molecular weight excluding hydrogens is 390 g/mol. The predicted octanol–water partition coefficient (Wildman–Crippen LogP) is 3.83. The number of fused-ring (bicyclic) bond motifs is 1. The van der Waals surface area contributed by atoms with E-state index in [0.717, 1.165) is 50.5 Å². The number of hydrogen-bond donors (Lipinski definition) is 1. The van der Waals surface area contributed by atoms with Gasteiger partial charge in [-0.05, 0) is 37.3 Å². The highest BCUT2D eigenvalue weighted by Crippen LogP contribution is 2.30. The van der Waals surface area contributed by atoms with E-state index >= 15 is 0 Å². The molecule has 0 saturated carbocycles. The Morgan fingerprint density at radius 2 is 1.94 bits per heavy atom. The van der Waals surface area contributed by atoms with E-state index in [9.17, 15) is 0 Å². The fourth-order valence-electron chi connectivity index (χ4n) is 3.73. The first-order valence-corrected chi connectivity index (χ1v) is 10.1. The van der Waals surface area contributed by atoms with Crippen molar-refractivity contribution in [3.8, 4) is 33.8 Å². The highest BCUT2D eigenvalue weighted by Gasteiger charge is 2.21. The van der Waals surface area contributed by atoms with Crippen molar-refractivity contribution >= 4 is 11.0 Å². The van der Waals surface area contributed by atoms with Crippen molar-refractivity contribution in [2.24, 2.45) is 0 Å². The smallest absolute Gasteiger partial charge is 0.120 e. The first-order valence-electron chi connectivity index (χ1n) is 10.1. The van der Waals surface area contributed by atoms with E-state index in [1.165, 1.54) is 0 Å². The van der Waals surface area contributed by atoms with Crippen molar-refractivity contribution in [1.29, 1.82) is 0 Å². The van der Waals surface area contributed by atoms with Crippen LogP contribution in [0.2, 0.25) is 0 Å². The lowest BCUT2D eigenvalue weighted by atomic mass is 10.1. The summed E-state index contributed by atoms with van der Waals surface area (Å²) in [6.07, 6.45) is 7.62. The largest absolute Gasteiger partial charge is 0.377 e. The van der Waals surface area contributed by atoms with E-state index in [0.29, 0.717) is 19.3 Å². The van der Waals surface area contributed by atoms with Crippen molar-refractivity contribution in [2.75, 3.05) is 13.2 Å². The number of ether oxygens (including phenoxy) is 1. The zero-order chi connectivity index (χ0) is 20.8. The lowest BCUT2D eigenvalue weighted by Crippen LogP contribution is -2.30. The molecule has 1 aliphatic heterocycles. The van der Waals surface area contributed by atoms with E-state index < -0.39 is 0 Å². The van der Waals surface area contributed by atoms with Crippen LogP contribution in [0.1, 0.15) is 11.7 Å². The molecule has 0 aromatic carbocycles. The summed E-state index contributed by atoms with van der Waals surface area (Å²) in [6.45, 7) is 3.40. The lowest BCUT2D eigenvalue weighted by molar-refractivity contribution is -0.0286. The minimum Gasteiger partial charge on any atom is -0.377 e. The van der Waals surface area contributed by atoms with Crippen LogP contribution in [0.15, 0.2) is 61.2 Å². The molecule has 0 spiro atoms. The second-order valence-corrected chi connectivity index (χ2v) is 7.67. The number of H-pyrrole nitrogens is 1. The molecule has 1 aliphatic rings. The molecule has 152 valence electrons. The summed E-state index contributed by atoms with van der Waals surface area (Å²) in [5, 5.41) is 11.8. The number of nitrogens with zero attached hydrogens (tertiary/aromatic N) is 6. The topological polar surface area (TPSA) is 94.4 Å². The minimum atomic E-state index is 0.321. The van der Waals surface area contributed by atoms with Crippen molar-refractivity contribution in [2.45, 2.75) is 13.0 Å². The Morgan fingerprint density at radius 3 is 2.77 bits per heavy atom. The van der Waals surface area contributed by atoms with Gasteiger partial charge in [0.05, 0.1) is 47.9 Å². The highest BCUT2D eigenvalue weighted by molar-refractivity contribution is 5.84. The van der Waals surface area contributed by atoms with Crippen LogP contribution in [-0.2, 0) is 4.74 Å². The average Bonchev–Trinajstić information content (AvgIpc) is 3.42. The first kappa shape index (κ1) is 17.9. The normalized spacial score (nSPS) is 14.1. The Morgan fingerprint density at radius 1 is 1.00 bits per heavy atom. The molecule has 8 heteroatoms. The average molecular weight is 409 g/mol. The summed E-state index contributed by atoms with van der Waals surface area (Å²) < 4.78 is 7.22. The molecule has 31 heavy (non-hydrogen) atoms. The molecule has 0 unspecified atom stereocenters. The lowest BCUT2D eigenvalue weighted by Gasteiger charge is -2.25. The fourth-order valence-corrected chi connectivity index (χ4v) is 3.73. The molecule has 0 amide bonds. The van der Waals surface area contributed by atoms with E-state index in [2.05, 4.69) is 31.3 Å². The summed E-state index contributed by atoms with van der Waals surface area (Å²) >= 11 is 0. The molecule has 0 bridgehead atoms. The van der Waals surface area contributed by atoms with Crippen LogP contribution >= 0.6 is 0 Å². The van der Waals surface area contributed by atoms with Gasteiger partial charge < -0.3 is 4.74 Å². The number of rotatable bonds is 4. The van der Waals surface area contributed by atoms with Crippen LogP contribution in [0.5, 0.6) is 0 Å². The van der Waals surface area contributed by atoms with Gasteiger partial charge in [0, 0.05) is 41.0 Å². The van der Waals surface area contributed by atoms with Gasteiger partial charge in [-0.25, -0.2) is 4.98 Å². The number of aromatic amines is 1. The Hall–Kier alpha value is -3.91. The van der Waals surface area contributed by atoms with Gasteiger partial charge in [0.1, 0.15) is 5.69 Å². The van der Waals surface area contributed by atoms with Crippen LogP contribution in [-0.4, -0.2) is 48.1 Å². The second kappa shape index (κ2) is 7.10. The van der Waals surface area contributed by atoms with Gasteiger partial charge in [-0.2, -0.15) is 10.2 Å². The molecule has 5 aromatic heterocycles. The number of nitrogens with one attached hydrogen (secondary N) is 1. The molecule has 6 rings (SSSR count). The molecule has 5 aromatic rings. The molecule has 0 radical (unpaired) electrons. The number of aromatic nitrogens is 7. The molecule has 1 N–H and O–H groups in total. The Kier molecular flexibility index (Phi) is 4.10. The monoisotopic (exact) mass is 409 g/mol. The van der Waals surface area contributed by atoms with Gasteiger partial charge in [-0.15, -0.1) is 0 Å². The van der Waals surface area contributed by atoms with E-state index in [1.54, 1.807) is 0 Å². The maximum Gasteiger partial charge on any atom is 0.120 e. The van der Waals surface area contributed by atoms with Gasteiger partial charge in [0.2, 0.25) is 0 Å². The number of hydrogen-bond acceptors (Lipinski definition) is 6. The SMILES string of the molecule is Cc1cccc(-c2n[nH]cc2-c2ccc3ncc(-c4cnn(C5COC5)c4)cc3n2)n1. The van der Waals surface area contributed by atoms with Crippen molar-refractivity contribution in [3.05, 3.63) is 66.9 Å². The van der Waals surface area contributed by atoms with E-state index in [1.807, 2.05) is 66.7 Å². The molecular formula is C23H19N7O. The third-order valence-electron chi connectivity index (χ3n) is 5.51. The second-order valence-electron chi connectivity index (χ2n) is 7.67. The predicted molar refractivity (Wildman–Crippen MR) is 116 cm³/mol. The molecule has 6 heterocycles. The van der Waals surface area contributed by atoms with Crippen molar-refractivity contribution < 1.29 is 4.74 Å². The van der Waals surface area contributed by atoms with E-state index in [-0.39, 0.29) is 0 Å². The number of aryl methyl sites for hydroxylation is 1. The third kappa shape index (κ3) is 3.17. The van der Waals surface area contributed by atoms with E-state index in [4.69, 9.17) is 9.72 Å². The van der Waals surface area contributed by atoms with Crippen LogP contribution in [0.4, 0.5) is 0 Å². The fraction of sp³-hybridized carbons (Fsp3) is 0.174. The number of pyridine rings is 3. The first-order chi connectivity index (χ1) is 15.2. The minimum absolute atomic E-state index is 0.321. The highest BCUT2D eigenvalue weighted by atomic mass is 16.5. The Labute approximate surface area is 178 Å². The third-order valence-corrected chi connectivity index (χ3v) is 5.51. The van der Waals surface area contributed by atoms with Gasteiger partial charge in [-0.1, -0.05) is 6.07 Å².